The molecule has 0 unspecified atom stereocenters. The molecule has 0 saturated heterocycles. The van der Waals surface area contributed by atoms with Gasteiger partial charge in [0.1, 0.15) is 5.75 Å². The van der Waals surface area contributed by atoms with Gasteiger partial charge in [0.15, 0.2) is 0 Å². The molecule has 5 heteroatoms. The van der Waals surface area contributed by atoms with Gasteiger partial charge in [0.25, 0.3) is 0 Å². The molecule has 0 aliphatic carbocycles. The summed E-state index contributed by atoms with van der Waals surface area (Å²) in [5.41, 5.74) is 0.00442. The van der Waals surface area contributed by atoms with E-state index in [0.29, 0.717) is 0 Å². The summed E-state index contributed by atoms with van der Waals surface area (Å²) in [4.78, 5) is 11.6. The monoisotopic (exact) mass is 280 g/mol. The Bertz CT molecular complexity index is 574. The van der Waals surface area contributed by atoms with E-state index in [4.69, 9.17) is 4.74 Å². The second kappa shape index (κ2) is 5.77. The quantitative estimate of drug-likeness (QED) is 0.630. The lowest BCUT2D eigenvalue weighted by Crippen LogP contribution is -2.11. The number of alkyl halides is 3. The molecule has 0 aliphatic heterocycles. The molecule has 0 radical (unpaired) electrons. The molecule has 0 atom stereocenters. The zero-order valence-corrected chi connectivity index (χ0v) is 10.4. The first-order valence-corrected chi connectivity index (χ1v) is 5.87. The lowest BCUT2D eigenvalue weighted by atomic mass is 10.1. The Morgan fingerprint density at radius 2 is 1.55 bits per heavy atom. The van der Waals surface area contributed by atoms with Crippen LogP contribution < -0.4 is 4.74 Å². The molecule has 2 aromatic rings. The summed E-state index contributed by atoms with van der Waals surface area (Å²) in [5, 5.41) is 0. The number of benzene rings is 2. The minimum atomic E-state index is -4.40. The molecule has 0 amide bonds. The summed E-state index contributed by atoms with van der Waals surface area (Å²) in [6.07, 6.45) is -4.32. The molecule has 0 aliphatic rings. The summed E-state index contributed by atoms with van der Waals surface area (Å²) in [6, 6.07) is 13.0. The normalized spacial score (nSPS) is 11.2. The van der Waals surface area contributed by atoms with E-state index in [1.54, 1.807) is 24.3 Å². The summed E-state index contributed by atoms with van der Waals surface area (Å²) < 4.78 is 42.1. The van der Waals surface area contributed by atoms with Crippen molar-refractivity contribution in [3.63, 3.8) is 0 Å². The van der Waals surface area contributed by atoms with Gasteiger partial charge in [-0.15, -0.1) is 0 Å². The minimum absolute atomic E-state index is 0.0713. The summed E-state index contributed by atoms with van der Waals surface area (Å²) in [6.45, 7) is 0. The van der Waals surface area contributed by atoms with Gasteiger partial charge in [-0.2, -0.15) is 13.2 Å². The molecule has 20 heavy (non-hydrogen) atoms. The third kappa shape index (κ3) is 3.85. The highest BCUT2D eigenvalue weighted by Gasteiger charge is 2.30. The van der Waals surface area contributed by atoms with Gasteiger partial charge in [-0.25, -0.2) is 0 Å². The molecule has 0 bridgehead atoms. The third-order valence-electron chi connectivity index (χ3n) is 2.60. The van der Waals surface area contributed by atoms with Crippen LogP contribution in [0.4, 0.5) is 13.2 Å². The van der Waals surface area contributed by atoms with Gasteiger partial charge >= 0.3 is 12.1 Å². The fraction of sp³-hybridized carbons (Fsp3) is 0.133. The van der Waals surface area contributed by atoms with Crippen molar-refractivity contribution in [2.75, 3.05) is 0 Å². The number of carbonyl (C=O) groups is 1. The molecular weight excluding hydrogens is 269 g/mol. The van der Waals surface area contributed by atoms with Gasteiger partial charge in [0.2, 0.25) is 0 Å². The van der Waals surface area contributed by atoms with Gasteiger partial charge in [0, 0.05) is 0 Å². The smallest absolute Gasteiger partial charge is 0.416 e. The van der Waals surface area contributed by atoms with Crippen LogP contribution in [0.25, 0.3) is 0 Å². The van der Waals surface area contributed by atoms with Crippen molar-refractivity contribution in [3.8, 4) is 5.75 Å². The predicted molar refractivity (Wildman–Crippen MR) is 67.2 cm³/mol. The number of esters is 1. The van der Waals surface area contributed by atoms with Crippen molar-refractivity contribution >= 4 is 5.97 Å². The maximum Gasteiger partial charge on any atom is 0.416 e. The first-order chi connectivity index (χ1) is 9.45. The molecular formula is C15H11F3O2. The second-order valence-corrected chi connectivity index (χ2v) is 4.16. The predicted octanol–water partition coefficient (Wildman–Crippen LogP) is 3.85. The molecule has 2 aromatic carbocycles. The van der Waals surface area contributed by atoms with Crippen molar-refractivity contribution in [3.05, 3.63) is 65.7 Å². The maximum absolute atomic E-state index is 12.4. The Balaban J connectivity index is 1.98. The number of rotatable bonds is 3. The van der Waals surface area contributed by atoms with Gasteiger partial charge < -0.3 is 4.74 Å². The standard InChI is InChI=1S/C15H11F3O2/c16-15(17,18)12-6-8-13(9-7-12)20-14(19)10-11-4-2-1-3-5-11/h1-9H,10H2. The largest absolute Gasteiger partial charge is 0.426 e. The lowest BCUT2D eigenvalue weighted by Gasteiger charge is -2.08. The van der Waals surface area contributed by atoms with Crippen LogP contribution in [0.15, 0.2) is 54.6 Å². The van der Waals surface area contributed by atoms with E-state index < -0.39 is 17.7 Å². The summed E-state index contributed by atoms with van der Waals surface area (Å²) in [7, 11) is 0. The zero-order chi connectivity index (χ0) is 14.6. The molecule has 2 rings (SSSR count). The zero-order valence-electron chi connectivity index (χ0n) is 10.4. The minimum Gasteiger partial charge on any atom is -0.426 e. The van der Waals surface area contributed by atoms with Gasteiger partial charge in [-0.3, -0.25) is 4.79 Å². The number of halogens is 3. The van der Waals surface area contributed by atoms with E-state index in [0.717, 1.165) is 29.8 Å². The topological polar surface area (TPSA) is 26.3 Å². The molecule has 0 N–H and O–H groups in total. The van der Waals surface area contributed by atoms with Gasteiger partial charge in [-0.1, -0.05) is 30.3 Å². The summed E-state index contributed by atoms with van der Waals surface area (Å²) >= 11 is 0. The maximum atomic E-state index is 12.4. The number of hydrogen-bond acceptors (Lipinski definition) is 2. The average Bonchev–Trinajstić information content (AvgIpc) is 2.39. The second-order valence-electron chi connectivity index (χ2n) is 4.16. The molecule has 2 nitrogen and oxygen atoms in total. The number of ether oxygens (including phenoxy) is 1. The Labute approximate surface area is 113 Å². The highest BCUT2D eigenvalue weighted by Crippen LogP contribution is 2.30. The molecule has 0 saturated carbocycles. The van der Waals surface area contributed by atoms with Crippen LogP contribution >= 0.6 is 0 Å². The molecule has 0 heterocycles. The fourth-order valence-corrected chi connectivity index (χ4v) is 1.64. The van der Waals surface area contributed by atoms with Crippen molar-refractivity contribution in [2.45, 2.75) is 12.6 Å². The Kier molecular flexibility index (Phi) is 4.08. The van der Waals surface area contributed by atoms with Crippen molar-refractivity contribution in [2.24, 2.45) is 0 Å². The van der Waals surface area contributed by atoms with Crippen LogP contribution in [0.2, 0.25) is 0 Å². The SMILES string of the molecule is O=C(Cc1ccccc1)Oc1ccc(C(F)(F)F)cc1. The van der Waals surface area contributed by atoms with Crippen LogP contribution in [0.3, 0.4) is 0 Å². The van der Waals surface area contributed by atoms with Gasteiger partial charge in [0.05, 0.1) is 12.0 Å². The van der Waals surface area contributed by atoms with E-state index in [2.05, 4.69) is 0 Å². The fourth-order valence-electron chi connectivity index (χ4n) is 1.64. The van der Waals surface area contributed by atoms with Crippen LogP contribution in [0, 0.1) is 0 Å². The first kappa shape index (κ1) is 14.1. The first-order valence-electron chi connectivity index (χ1n) is 5.87. The number of carbonyl (C=O) groups excluding carboxylic acids is 1. The van der Waals surface area contributed by atoms with E-state index >= 15 is 0 Å². The Hall–Kier alpha value is -2.30. The van der Waals surface area contributed by atoms with Crippen LogP contribution in [-0.2, 0) is 17.4 Å². The molecule has 0 fully saturated rings. The molecule has 0 spiro atoms. The Morgan fingerprint density at radius 3 is 2.10 bits per heavy atom. The van der Waals surface area contributed by atoms with Crippen molar-refractivity contribution < 1.29 is 22.7 Å². The average molecular weight is 280 g/mol. The lowest BCUT2D eigenvalue weighted by molar-refractivity contribution is -0.137. The van der Waals surface area contributed by atoms with Gasteiger partial charge in [-0.05, 0) is 29.8 Å². The third-order valence-corrected chi connectivity index (χ3v) is 2.60. The Morgan fingerprint density at radius 1 is 0.950 bits per heavy atom. The van der Waals surface area contributed by atoms with E-state index in [-0.39, 0.29) is 12.2 Å². The van der Waals surface area contributed by atoms with Crippen molar-refractivity contribution in [1.82, 2.24) is 0 Å². The number of hydrogen-bond donors (Lipinski definition) is 0. The molecule has 104 valence electrons. The van der Waals surface area contributed by atoms with Crippen LogP contribution in [-0.4, -0.2) is 5.97 Å². The summed E-state index contributed by atoms with van der Waals surface area (Å²) in [5.74, 6) is -0.421. The van der Waals surface area contributed by atoms with Crippen LogP contribution in [0.5, 0.6) is 5.75 Å². The van der Waals surface area contributed by atoms with E-state index in [1.165, 1.54) is 0 Å². The highest BCUT2D eigenvalue weighted by atomic mass is 19.4. The van der Waals surface area contributed by atoms with E-state index in [1.807, 2.05) is 6.07 Å². The van der Waals surface area contributed by atoms with Crippen molar-refractivity contribution in [1.29, 1.82) is 0 Å². The van der Waals surface area contributed by atoms with E-state index in [9.17, 15) is 18.0 Å². The van der Waals surface area contributed by atoms with Crippen LogP contribution in [0.1, 0.15) is 11.1 Å². The highest BCUT2D eigenvalue weighted by molar-refractivity contribution is 5.75. The molecule has 0 aromatic heterocycles.